The van der Waals surface area contributed by atoms with Gasteiger partial charge in [-0.2, -0.15) is 4.98 Å². The van der Waals surface area contributed by atoms with E-state index < -0.39 is 0 Å². The van der Waals surface area contributed by atoms with Gasteiger partial charge in [0.2, 0.25) is 17.0 Å². The summed E-state index contributed by atoms with van der Waals surface area (Å²) < 4.78 is 21.1. The van der Waals surface area contributed by atoms with Crippen molar-refractivity contribution in [1.82, 2.24) is 24.7 Å². The van der Waals surface area contributed by atoms with E-state index in [1.807, 2.05) is 0 Å². The van der Waals surface area contributed by atoms with Crippen LogP contribution in [-0.2, 0) is 0 Å². The summed E-state index contributed by atoms with van der Waals surface area (Å²) in [5.74, 6) is 2.35. The molecule has 0 radical (unpaired) electrons. The standard InChI is InChI=1S/C21H23FN6OS/c1-14-9-12-27(13-10-14)20-25-26-21(28(20)16-4-5-16)30-19-23-11-8-18(24-19)29-17-6-2-15(22)3-7-17/h2-3,6-8,11,14,16H,4-5,9-10,12-13H2,1H3. The Bertz CT molecular complexity index is 1010. The number of nitrogens with zero attached hydrogens (tertiary/aromatic N) is 6. The molecular weight excluding hydrogens is 403 g/mol. The minimum atomic E-state index is -0.306. The van der Waals surface area contributed by atoms with Gasteiger partial charge in [0.15, 0.2) is 5.16 Å². The maximum absolute atomic E-state index is 13.1. The molecular formula is C21H23FN6OS. The van der Waals surface area contributed by atoms with Gasteiger partial charge in [-0.1, -0.05) is 6.92 Å². The first-order valence-electron chi connectivity index (χ1n) is 10.3. The zero-order valence-electron chi connectivity index (χ0n) is 16.7. The molecule has 156 valence electrons. The van der Waals surface area contributed by atoms with Crippen molar-refractivity contribution in [1.29, 1.82) is 0 Å². The molecule has 1 saturated carbocycles. The van der Waals surface area contributed by atoms with Crippen molar-refractivity contribution in [2.45, 2.75) is 49.0 Å². The van der Waals surface area contributed by atoms with Crippen LogP contribution in [0, 0.1) is 11.7 Å². The van der Waals surface area contributed by atoms with E-state index in [1.165, 1.54) is 36.7 Å². The molecule has 2 aliphatic rings. The van der Waals surface area contributed by atoms with Gasteiger partial charge >= 0.3 is 0 Å². The molecule has 0 unspecified atom stereocenters. The molecule has 1 aromatic carbocycles. The molecule has 30 heavy (non-hydrogen) atoms. The summed E-state index contributed by atoms with van der Waals surface area (Å²) in [7, 11) is 0. The number of benzene rings is 1. The molecule has 1 saturated heterocycles. The first-order chi connectivity index (χ1) is 14.7. The van der Waals surface area contributed by atoms with Crippen LogP contribution >= 0.6 is 11.8 Å². The predicted octanol–water partition coefficient (Wildman–Crippen LogP) is 4.72. The minimum absolute atomic E-state index is 0.306. The Kier molecular flexibility index (Phi) is 5.28. The maximum atomic E-state index is 13.1. The van der Waals surface area contributed by atoms with Crippen LogP contribution in [0.3, 0.4) is 0 Å². The molecule has 3 aromatic rings. The third kappa shape index (κ3) is 4.26. The quantitative estimate of drug-likeness (QED) is 0.528. The minimum Gasteiger partial charge on any atom is -0.439 e. The van der Waals surface area contributed by atoms with E-state index in [2.05, 4.69) is 36.6 Å². The summed E-state index contributed by atoms with van der Waals surface area (Å²) in [5.41, 5.74) is 0. The fourth-order valence-corrected chi connectivity index (χ4v) is 4.37. The van der Waals surface area contributed by atoms with E-state index in [1.54, 1.807) is 24.4 Å². The van der Waals surface area contributed by atoms with Crippen LogP contribution in [0.1, 0.15) is 38.6 Å². The molecule has 0 spiro atoms. The molecule has 2 fully saturated rings. The maximum Gasteiger partial charge on any atom is 0.228 e. The highest BCUT2D eigenvalue weighted by Crippen LogP contribution is 2.42. The number of hydrogen-bond donors (Lipinski definition) is 0. The van der Waals surface area contributed by atoms with E-state index in [4.69, 9.17) is 4.74 Å². The van der Waals surface area contributed by atoms with Crippen LogP contribution in [0.5, 0.6) is 11.6 Å². The van der Waals surface area contributed by atoms with E-state index in [9.17, 15) is 4.39 Å². The van der Waals surface area contributed by atoms with Crippen LogP contribution in [0.25, 0.3) is 0 Å². The highest BCUT2D eigenvalue weighted by molar-refractivity contribution is 7.99. The monoisotopic (exact) mass is 426 g/mol. The molecule has 3 heterocycles. The Morgan fingerprint density at radius 2 is 1.80 bits per heavy atom. The molecule has 1 aliphatic carbocycles. The van der Waals surface area contributed by atoms with Crippen LogP contribution in [0.15, 0.2) is 46.8 Å². The SMILES string of the molecule is CC1CCN(c2nnc(Sc3nccc(Oc4ccc(F)cc4)n3)n2C2CC2)CC1. The molecule has 5 rings (SSSR count). The highest BCUT2D eigenvalue weighted by Gasteiger charge is 2.33. The summed E-state index contributed by atoms with van der Waals surface area (Å²) in [6, 6.07) is 7.98. The largest absolute Gasteiger partial charge is 0.439 e. The van der Waals surface area contributed by atoms with Crippen molar-refractivity contribution < 1.29 is 9.13 Å². The van der Waals surface area contributed by atoms with Gasteiger partial charge in [0.1, 0.15) is 11.6 Å². The van der Waals surface area contributed by atoms with Gasteiger partial charge in [-0.05, 0) is 67.6 Å². The van der Waals surface area contributed by atoms with E-state index in [0.717, 1.165) is 43.0 Å². The third-order valence-corrected chi connectivity index (χ3v) is 6.29. The number of hydrogen-bond acceptors (Lipinski definition) is 7. The molecule has 1 aliphatic heterocycles. The highest BCUT2D eigenvalue weighted by atomic mass is 32.2. The number of piperidine rings is 1. The van der Waals surface area contributed by atoms with Gasteiger partial charge in [-0.3, -0.25) is 4.57 Å². The summed E-state index contributed by atoms with van der Waals surface area (Å²) in [6.45, 7) is 4.35. The Labute approximate surface area is 178 Å². The second-order valence-corrected chi connectivity index (χ2v) is 8.82. The zero-order valence-corrected chi connectivity index (χ0v) is 17.6. The summed E-state index contributed by atoms with van der Waals surface area (Å²) in [5, 5.41) is 10.3. The summed E-state index contributed by atoms with van der Waals surface area (Å²) >= 11 is 1.40. The van der Waals surface area contributed by atoms with Crippen molar-refractivity contribution in [3.63, 3.8) is 0 Å². The molecule has 0 atom stereocenters. The molecule has 9 heteroatoms. The Hall–Kier alpha value is -2.68. The molecule has 0 bridgehead atoms. The summed E-state index contributed by atoms with van der Waals surface area (Å²) in [4.78, 5) is 11.2. The second-order valence-electron chi connectivity index (χ2n) is 7.89. The Morgan fingerprint density at radius 1 is 1.03 bits per heavy atom. The van der Waals surface area contributed by atoms with Crippen molar-refractivity contribution >= 4 is 17.7 Å². The first-order valence-corrected chi connectivity index (χ1v) is 11.1. The van der Waals surface area contributed by atoms with Crippen molar-refractivity contribution in [3.05, 3.63) is 42.3 Å². The third-order valence-electron chi connectivity index (χ3n) is 5.45. The number of halogens is 1. The lowest BCUT2D eigenvalue weighted by Crippen LogP contribution is -2.34. The molecule has 0 amide bonds. The van der Waals surface area contributed by atoms with Gasteiger partial charge in [0, 0.05) is 31.4 Å². The number of aromatic nitrogens is 5. The van der Waals surface area contributed by atoms with Crippen LogP contribution in [0.4, 0.5) is 10.3 Å². The lowest BCUT2D eigenvalue weighted by atomic mass is 10.00. The van der Waals surface area contributed by atoms with Crippen molar-refractivity contribution in [2.75, 3.05) is 18.0 Å². The van der Waals surface area contributed by atoms with Gasteiger partial charge in [-0.15, -0.1) is 10.2 Å². The lowest BCUT2D eigenvalue weighted by Gasteiger charge is -2.31. The second kappa shape index (κ2) is 8.22. The topological polar surface area (TPSA) is 69.0 Å². The van der Waals surface area contributed by atoms with E-state index in [-0.39, 0.29) is 5.82 Å². The molecule has 2 aromatic heterocycles. The predicted molar refractivity (Wildman–Crippen MR) is 112 cm³/mol. The fourth-order valence-electron chi connectivity index (χ4n) is 3.55. The zero-order chi connectivity index (χ0) is 20.5. The smallest absolute Gasteiger partial charge is 0.228 e. The van der Waals surface area contributed by atoms with Crippen molar-refractivity contribution in [3.8, 4) is 11.6 Å². The van der Waals surface area contributed by atoms with Crippen molar-refractivity contribution in [2.24, 2.45) is 5.92 Å². The average molecular weight is 427 g/mol. The van der Waals surface area contributed by atoms with Crippen LogP contribution < -0.4 is 9.64 Å². The Morgan fingerprint density at radius 3 is 2.53 bits per heavy atom. The number of anilines is 1. The lowest BCUT2D eigenvalue weighted by molar-refractivity contribution is 0.429. The van der Waals surface area contributed by atoms with E-state index in [0.29, 0.717) is 22.8 Å². The summed E-state index contributed by atoms with van der Waals surface area (Å²) in [6.07, 6.45) is 6.32. The first kappa shape index (κ1) is 19.3. The van der Waals surface area contributed by atoms with Gasteiger partial charge in [0.05, 0.1) is 0 Å². The van der Waals surface area contributed by atoms with Gasteiger partial charge in [0.25, 0.3) is 0 Å². The van der Waals surface area contributed by atoms with Gasteiger partial charge < -0.3 is 9.64 Å². The van der Waals surface area contributed by atoms with Crippen LogP contribution in [-0.4, -0.2) is 37.8 Å². The fraction of sp³-hybridized carbons (Fsp3) is 0.429. The normalized spacial score (nSPS) is 17.3. The van der Waals surface area contributed by atoms with E-state index >= 15 is 0 Å². The molecule has 7 nitrogen and oxygen atoms in total. The number of rotatable bonds is 6. The average Bonchev–Trinajstić information content (AvgIpc) is 3.51. The van der Waals surface area contributed by atoms with Gasteiger partial charge in [-0.25, -0.2) is 9.37 Å². The number of ether oxygens (including phenoxy) is 1. The Balaban J connectivity index is 1.35. The van der Waals surface area contributed by atoms with Crippen LogP contribution in [0.2, 0.25) is 0 Å². The molecule has 0 N–H and O–H groups in total.